The zero-order valence-corrected chi connectivity index (χ0v) is 16.2. The molecule has 2 nitrogen and oxygen atoms in total. The van der Waals surface area contributed by atoms with Gasteiger partial charge < -0.3 is 10.2 Å². The monoisotopic (exact) mass is 334 g/mol. The molecule has 25 heavy (non-hydrogen) atoms. The second-order valence-electron chi connectivity index (χ2n) is 6.52. The first-order valence-electron chi connectivity index (χ1n) is 8.28. The maximum Gasteiger partial charge on any atom is 0.0472 e. The molecule has 0 aromatic heterocycles. The van der Waals surface area contributed by atoms with Crippen molar-refractivity contribution in [3.8, 4) is 0 Å². The van der Waals surface area contributed by atoms with Gasteiger partial charge >= 0.3 is 0 Å². The Balaban J connectivity index is 3.37. The number of allylic oxidation sites excluding steroid dienone is 4. The molecule has 0 amide bonds. The minimum absolute atomic E-state index is 0.805. The van der Waals surface area contributed by atoms with E-state index in [-0.39, 0.29) is 0 Å². The number of likely N-dealkylation sites (N-methyl/N-ethyl adjacent to an activating group) is 1. The first-order chi connectivity index (χ1) is 11.7. The van der Waals surface area contributed by atoms with E-state index in [4.69, 9.17) is 0 Å². The minimum atomic E-state index is 0.805. The molecule has 1 rings (SSSR count). The Morgan fingerprint density at radius 1 is 1.00 bits per heavy atom. The van der Waals surface area contributed by atoms with Crippen molar-refractivity contribution in [3.63, 3.8) is 0 Å². The molecule has 0 aliphatic carbocycles. The van der Waals surface area contributed by atoms with Crippen molar-refractivity contribution in [2.24, 2.45) is 0 Å². The third-order valence-corrected chi connectivity index (χ3v) is 3.78. The van der Waals surface area contributed by atoms with E-state index in [1.807, 2.05) is 44.1 Å². The van der Waals surface area contributed by atoms with E-state index in [0.717, 1.165) is 39.4 Å². The molecule has 0 spiro atoms. The number of nitrogens with zero attached hydrogens (tertiary/aromatic N) is 1. The summed E-state index contributed by atoms with van der Waals surface area (Å²) in [5.41, 5.74) is 7.89. The highest BCUT2D eigenvalue weighted by Crippen LogP contribution is 2.25. The maximum atomic E-state index is 4.22. The van der Waals surface area contributed by atoms with Crippen LogP contribution in [0.4, 0.5) is 0 Å². The summed E-state index contributed by atoms with van der Waals surface area (Å²) >= 11 is 0. The summed E-state index contributed by atoms with van der Waals surface area (Å²) in [5, 5.41) is 3.41. The van der Waals surface area contributed by atoms with Gasteiger partial charge in [0.1, 0.15) is 0 Å². The van der Waals surface area contributed by atoms with Gasteiger partial charge in [0.25, 0.3) is 0 Å². The van der Waals surface area contributed by atoms with Gasteiger partial charge in [-0.05, 0) is 32.4 Å². The lowest BCUT2D eigenvalue weighted by Crippen LogP contribution is -2.18. The molecule has 132 valence electrons. The lowest BCUT2D eigenvalue weighted by atomic mass is 9.99. The van der Waals surface area contributed by atoms with Crippen molar-refractivity contribution in [2.45, 2.75) is 20.8 Å². The topological polar surface area (TPSA) is 15.3 Å². The van der Waals surface area contributed by atoms with Crippen molar-refractivity contribution < 1.29 is 0 Å². The molecule has 1 aromatic rings. The molecule has 0 unspecified atom stereocenters. The van der Waals surface area contributed by atoms with Crippen LogP contribution in [0.5, 0.6) is 0 Å². The van der Waals surface area contributed by atoms with Crippen LogP contribution in [0.3, 0.4) is 0 Å². The van der Waals surface area contributed by atoms with Crippen LogP contribution in [0.15, 0.2) is 85.3 Å². The molecule has 0 heterocycles. The molecule has 1 N–H and O–H groups in total. The molecule has 0 fully saturated rings. The van der Waals surface area contributed by atoms with Gasteiger partial charge in [-0.1, -0.05) is 67.8 Å². The molecular weight excluding hydrogens is 304 g/mol. The van der Waals surface area contributed by atoms with Gasteiger partial charge in [-0.15, -0.1) is 0 Å². The van der Waals surface area contributed by atoms with Gasteiger partial charge in [-0.25, -0.2) is 0 Å². The van der Waals surface area contributed by atoms with Gasteiger partial charge in [-0.2, -0.15) is 0 Å². The van der Waals surface area contributed by atoms with Crippen molar-refractivity contribution in [3.05, 3.63) is 96.4 Å². The Labute approximate surface area is 153 Å². The second-order valence-corrected chi connectivity index (χ2v) is 6.52. The molecule has 0 bridgehead atoms. The minimum Gasteiger partial charge on any atom is -0.378 e. The third kappa shape index (κ3) is 5.39. The average molecular weight is 335 g/mol. The Morgan fingerprint density at radius 2 is 1.56 bits per heavy atom. The predicted octanol–water partition coefficient (Wildman–Crippen LogP) is 5.76. The highest BCUT2D eigenvalue weighted by Gasteiger charge is 2.11. The van der Waals surface area contributed by atoms with Crippen LogP contribution in [0.1, 0.15) is 31.9 Å². The molecule has 1 aromatic carbocycles. The Bertz CT molecular complexity index is 754. The first-order valence-corrected chi connectivity index (χ1v) is 8.28. The van der Waals surface area contributed by atoms with Crippen LogP contribution in [-0.2, 0) is 0 Å². The van der Waals surface area contributed by atoms with E-state index in [0.29, 0.717) is 0 Å². The Morgan fingerprint density at radius 3 is 2.00 bits per heavy atom. The standard InChI is InChI=1S/C23H30N2/c1-10-23(22(15-16(2)3)19(7)25(8)9)24-18(6)21-14-12-11-13-20(21)17(4)5/h10-15,24H,1,4,6-7H2,2-3,5,8-9H3/b23-22-. The molecule has 0 saturated heterocycles. The third-order valence-electron chi connectivity index (χ3n) is 3.78. The summed E-state index contributed by atoms with van der Waals surface area (Å²) < 4.78 is 0. The summed E-state index contributed by atoms with van der Waals surface area (Å²) in [6, 6.07) is 8.11. The number of hydrogen-bond donors (Lipinski definition) is 1. The van der Waals surface area contributed by atoms with E-state index in [9.17, 15) is 0 Å². The summed E-state index contributed by atoms with van der Waals surface area (Å²) in [4.78, 5) is 1.99. The van der Waals surface area contributed by atoms with Crippen LogP contribution < -0.4 is 5.32 Å². The largest absolute Gasteiger partial charge is 0.378 e. The normalized spacial score (nSPS) is 11.1. The van der Waals surface area contributed by atoms with Crippen molar-refractivity contribution in [2.75, 3.05) is 14.1 Å². The van der Waals surface area contributed by atoms with Crippen LogP contribution >= 0.6 is 0 Å². The van der Waals surface area contributed by atoms with E-state index in [1.54, 1.807) is 6.08 Å². The molecule has 0 atom stereocenters. The maximum absolute atomic E-state index is 4.22. The average Bonchev–Trinajstić information content (AvgIpc) is 2.56. The fourth-order valence-corrected chi connectivity index (χ4v) is 2.42. The number of rotatable bonds is 8. The zero-order valence-electron chi connectivity index (χ0n) is 16.2. The predicted molar refractivity (Wildman–Crippen MR) is 113 cm³/mol. The zero-order chi connectivity index (χ0) is 19.1. The van der Waals surface area contributed by atoms with Crippen LogP contribution in [0.25, 0.3) is 11.3 Å². The summed E-state index contributed by atoms with van der Waals surface area (Å²) in [6.45, 7) is 22.6. The van der Waals surface area contributed by atoms with Crippen LogP contribution in [0, 0.1) is 0 Å². The van der Waals surface area contributed by atoms with E-state index in [1.165, 1.54) is 5.57 Å². The fourth-order valence-electron chi connectivity index (χ4n) is 2.42. The second kappa shape index (κ2) is 8.93. The van der Waals surface area contributed by atoms with E-state index >= 15 is 0 Å². The lowest BCUT2D eigenvalue weighted by Gasteiger charge is -2.22. The van der Waals surface area contributed by atoms with E-state index in [2.05, 4.69) is 57.6 Å². The SMILES string of the molecule is C=C/C(NC(=C)c1ccccc1C(=C)C)=C(\C=C(C)C)C(=C)N(C)C. The summed E-state index contributed by atoms with van der Waals surface area (Å²) in [5.74, 6) is 0. The molecule has 0 radical (unpaired) electrons. The van der Waals surface area contributed by atoms with Crippen molar-refractivity contribution >= 4 is 11.3 Å². The van der Waals surface area contributed by atoms with Crippen LogP contribution in [-0.4, -0.2) is 19.0 Å². The van der Waals surface area contributed by atoms with Crippen molar-refractivity contribution in [1.29, 1.82) is 0 Å². The van der Waals surface area contributed by atoms with Gasteiger partial charge in [0.05, 0.1) is 0 Å². The fraction of sp³-hybridized carbons (Fsp3) is 0.217. The van der Waals surface area contributed by atoms with Gasteiger partial charge in [0.15, 0.2) is 0 Å². The molecule has 0 saturated carbocycles. The number of benzene rings is 1. The highest BCUT2D eigenvalue weighted by molar-refractivity contribution is 5.77. The van der Waals surface area contributed by atoms with E-state index < -0.39 is 0 Å². The highest BCUT2D eigenvalue weighted by atomic mass is 15.1. The summed E-state index contributed by atoms with van der Waals surface area (Å²) in [6.07, 6.45) is 3.91. The molecule has 2 heteroatoms. The quantitative estimate of drug-likeness (QED) is 0.608. The molecule has 0 aliphatic rings. The lowest BCUT2D eigenvalue weighted by molar-refractivity contribution is 0.525. The van der Waals surface area contributed by atoms with Gasteiger partial charge in [0.2, 0.25) is 0 Å². The van der Waals surface area contributed by atoms with Gasteiger partial charge in [-0.3, -0.25) is 0 Å². The number of nitrogens with one attached hydrogen (secondary N) is 1. The van der Waals surface area contributed by atoms with Crippen molar-refractivity contribution in [1.82, 2.24) is 10.2 Å². The van der Waals surface area contributed by atoms with Gasteiger partial charge in [0, 0.05) is 42.3 Å². The summed E-state index contributed by atoms with van der Waals surface area (Å²) in [7, 11) is 3.96. The number of hydrogen-bond acceptors (Lipinski definition) is 2. The van der Waals surface area contributed by atoms with Crippen LogP contribution in [0.2, 0.25) is 0 Å². The first kappa shape index (κ1) is 20.3. The molecule has 0 aliphatic heterocycles. The molecular formula is C23H30N2. The Hall–Kier alpha value is -2.74. The smallest absolute Gasteiger partial charge is 0.0472 e. The Kier molecular flexibility index (Phi) is 7.25.